The molecule has 0 aromatic carbocycles. The van der Waals surface area contributed by atoms with Crippen LogP contribution >= 0.6 is 0 Å². The van der Waals surface area contributed by atoms with Crippen molar-refractivity contribution in [2.75, 3.05) is 26.2 Å². The third-order valence-corrected chi connectivity index (χ3v) is 4.31. The van der Waals surface area contributed by atoms with Gasteiger partial charge in [0.25, 0.3) is 0 Å². The van der Waals surface area contributed by atoms with Crippen LogP contribution in [-0.4, -0.2) is 55.8 Å². The van der Waals surface area contributed by atoms with Crippen molar-refractivity contribution in [3.05, 3.63) is 0 Å². The summed E-state index contributed by atoms with van der Waals surface area (Å²) in [4.78, 5) is 47.6. The number of rotatable bonds is 17. The summed E-state index contributed by atoms with van der Waals surface area (Å²) in [6, 6.07) is 0.414. The van der Waals surface area contributed by atoms with Crippen LogP contribution in [0.4, 0.5) is 0 Å². The van der Waals surface area contributed by atoms with Crippen LogP contribution in [0.1, 0.15) is 72.6 Å². The number of carbonyl (C=O) groups is 4. The fourth-order valence-corrected chi connectivity index (χ4v) is 2.68. The van der Waals surface area contributed by atoms with Crippen LogP contribution < -0.4 is 16.0 Å². The Balaban J connectivity index is 4.27. The highest BCUT2D eigenvalue weighted by Crippen LogP contribution is 2.15. The largest absolute Gasteiger partial charge is 0.466 e. The van der Waals surface area contributed by atoms with Gasteiger partial charge in [-0.2, -0.15) is 0 Å². The Bertz CT molecular complexity index is 509. The van der Waals surface area contributed by atoms with Gasteiger partial charge in [-0.05, 0) is 32.7 Å². The van der Waals surface area contributed by atoms with E-state index in [-0.39, 0.29) is 43.8 Å². The molecule has 0 spiro atoms. The number of unbranched alkanes of at least 4 members (excludes halogenated alkanes) is 2. The van der Waals surface area contributed by atoms with Crippen molar-refractivity contribution in [3.8, 4) is 0 Å². The standard InChI is InChI=1S/C21H39N3O5/c1-5-7-11-19(26)24-15-20(27)23-14-18(25)13-17(21(28)29-6-2)10-8-9-12-22-16(3)4/h16-17,22H,5-15H2,1-4H3,(H,23,27)(H,24,26)/t17-/m1/s1. The van der Waals surface area contributed by atoms with E-state index in [4.69, 9.17) is 4.74 Å². The van der Waals surface area contributed by atoms with Gasteiger partial charge in [0.2, 0.25) is 11.8 Å². The molecule has 0 fully saturated rings. The smallest absolute Gasteiger partial charge is 0.309 e. The maximum absolute atomic E-state index is 12.2. The lowest BCUT2D eigenvalue weighted by Crippen LogP contribution is -2.39. The fourth-order valence-electron chi connectivity index (χ4n) is 2.68. The Morgan fingerprint density at radius 1 is 0.897 bits per heavy atom. The molecule has 1 atom stereocenters. The molecule has 0 heterocycles. The van der Waals surface area contributed by atoms with E-state index in [2.05, 4.69) is 29.8 Å². The summed E-state index contributed by atoms with van der Waals surface area (Å²) >= 11 is 0. The molecule has 8 heteroatoms. The van der Waals surface area contributed by atoms with Gasteiger partial charge in [0.15, 0.2) is 5.78 Å². The first kappa shape index (κ1) is 27.0. The van der Waals surface area contributed by atoms with Crippen molar-refractivity contribution in [2.24, 2.45) is 5.92 Å². The quantitative estimate of drug-likeness (QED) is 0.247. The SMILES string of the molecule is CCCCC(=O)NCC(=O)NCC(=O)C[C@@H](CCCCNC(C)C)C(=O)OCC. The minimum atomic E-state index is -0.493. The van der Waals surface area contributed by atoms with E-state index >= 15 is 0 Å². The Morgan fingerprint density at radius 3 is 2.21 bits per heavy atom. The first-order valence-electron chi connectivity index (χ1n) is 10.7. The van der Waals surface area contributed by atoms with E-state index < -0.39 is 11.8 Å². The van der Waals surface area contributed by atoms with Crippen LogP contribution in [0.15, 0.2) is 0 Å². The average Bonchev–Trinajstić information content (AvgIpc) is 2.67. The maximum Gasteiger partial charge on any atom is 0.309 e. The van der Waals surface area contributed by atoms with Gasteiger partial charge in [0.1, 0.15) is 0 Å². The number of carbonyl (C=O) groups excluding carboxylic acids is 4. The van der Waals surface area contributed by atoms with Crippen LogP contribution in [-0.2, 0) is 23.9 Å². The van der Waals surface area contributed by atoms with Crippen molar-refractivity contribution in [1.29, 1.82) is 0 Å². The fraction of sp³-hybridized carbons (Fsp3) is 0.810. The average molecular weight is 414 g/mol. The molecule has 8 nitrogen and oxygen atoms in total. The summed E-state index contributed by atoms with van der Waals surface area (Å²) in [7, 11) is 0. The van der Waals surface area contributed by atoms with Gasteiger partial charge >= 0.3 is 5.97 Å². The number of amides is 2. The summed E-state index contributed by atoms with van der Waals surface area (Å²) in [5.41, 5.74) is 0. The number of Topliss-reactive ketones (excluding diaryl/α,β-unsaturated/α-hetero) is 1. The molecule has 3 N–H and O–H groups in total. The molecule has 2 amide bonds. The Hall–Kier alpha value is -1.96. The van der Waals surface area contributed by atoms with Crippen LogP contribution in [0.2, 0.25) is 0 Å². The summed E-state index contributed by atoms with van der Waals surface area (Å²) in [5, 5.41) is 8.33. The van der Waals surface area contributed by atoms with E-state index in [1.54, 1.807) is 6.92 Å². The lowest BCUT2D eigenvalue weighted by molar-refractivity contribution is -0.149. The van der Waals surface area contributed by atoms with Gasteiger partial charge in [0.05, 0.1) is 25.6 Å². The molecule has 0 saturated carbocycles. The summed E-state index contributed by atoms with van der Waals surface area (Å²) in [6.07, 6.45) is 4.41. The molecule has 0 aromatic rings. The molecule has 0 aliphatic heterocycles. The zero-order chi connectivity index (χ0) is 22.1. The van der Waals surface area contributed by atoms with E-state index in [9.17, 15) is 19.2 Å². The predicted molar refractivity (Wildman–Crippen MR) is 112 cm³/mol. The van der Waals surface area contributed by atoms with Crippen LogP contribution in [0.3, 0.4) is 0 Å². The van der Waals surface area contributed by atoms with Gasteiger partial charge in [0, 0.05) is 18.9 Å². The van der Waals surface area contributed by atoms with E-state index in [1.807, 2.05) is 6.92 Å². The van der Waals surface area contributed by atoms with Crippen molar-refractivity contribution < 1.29 is 23.9 Å². The highest BCUT2D eigenvalue weighted by Gasteiger charge is 2.23. The zero-order valence-electron chi connectivity index (χ0n) is 18.5. The molecule has 168 valence electrons. The van der Waals surface area contributed by atoms with E-state index in [0.29, 0.717) is 18.9 Å². The minimum absolute atomic E-state index is 0.0413. The molecule has 0 aliphatic carbocycles. The second-order valence-corrected chi connectivity index (χ2v) is 7.45. The predicted octanol–water partition coefficient (Wildman–Crippen LogP) is 1.72. The molecular formula is C21H39N3O5. The Labute approximate surface area is 174 Å². The van der Waals surface area contributed by atoms with Gasteiger partial charge in [-0.15, -0.1) is 0 Å². The molecule has 0 bridgehead atoms. The van der Waals surface area contributed by atoms with Crippen molar-refractivity contribution in [2.45, 2.75) is 78.7 Å². The topological polar surface area (TPSA) is 114 Å². The molecule has 0 aromatic heterocycles. The van der Waals surface area contributed by atoms with E-state index in [0.717, 1.165) is 32.2 Å². The number of ketones is 1. The maximum atomic E-state index is 12.2. The second-order valence-electron chi connectivity index (χ2n) is 7.45. The molecule has 0 saturated heterocycles. The first-order valence-corrected chi connectivity index (χ1v) is 10.7. The minimum Gasteiger partial charge on any atom is -0.466 e. The summed E-state index contributed by atoms with van der Waals surface area (Å²) in [6.45, 7) is 8.69. The normalized spacial score (nSPS) is 11.8. The van der Waals surface area contributed by atoms with Crippen molar-refractivity contribution in [3.63, 3.8) is 0 Å². The number of ether oxygens (including phenoxy) is 1. The van der Waals surface area contributed by atoms with Crippen LogP contribution in [0, 0.1) is 5.92 Å². The number of nitrogens with one attached hydrogen (secondary N) is 3. The molecule has 0 radical (unpaired) electrons. The van der Waals surface area contributed by atoms with Gasteiger partial charge < -0.3 is 20.7 Å². The first-order chi connectivity index (χ1) is 13.8. The molecular weight excluding hydrogens is 374 g/mol. The lowest BCUT2D eigenvalue weighted by Gasteiger charge is -2.15. The monoisotopic (exact) mass is 413 g/mol. The highest BCUT2D eigenvalue weighted by molar-refractivity contribution is 5.90. The highest BCUT2D eigenvalue weighted by atomic mass is 16.5. The summed E-state index contributed by atoms with van der Waals surface area (Å²) in [5.74, 6) is -1.69. The van der Waals surface area contributed by atoms with Crippen LogP contribution in [0.5, 0.6) is 0 Å². The molecule has 0 unspecified atom stereocenters. The molecule has 29 heavy (non-hydrogen) atoms. The summed E-state index contributed by atoms with van der Waals surface area (Å²) < 4.78 is 5.08. The van der Waals surface area contributed by atoms with Crippen LogP contribution in [0.25, 0.3) is 0 Å². The number of hydrogen-bond donors (Lipinski definition) is 3. The lowest BCUT2D eigenvalue weighted by atomic mass is 9.96. The van der Waals surface area contributed by atoms with Crippen molar-refractivity contribution in [1.82, 2.24) is 16.0 Å². The second kappa shape index (κ2) is 16.9. The molecule has 0 rings (SSSR count). The van der Waals surface area contributed by atoms with Gasteiger partial charge in [-0.1, -0.05) is 33.6 Å². The van der Waals surface area contributed by atoms with Gasteiger partial charge in [-0.25, -0.2) is 0 Å². The Morgan fingerprint density at radius 2 is 1.59 bits per heavy atom. The Kier molecular flexibility index (Phi) is 15.8. The van der Waals surface area contributed by atoms with E-state index in [1.165, 1.54) is 0 Å². The molecule has 0 aliphatic rings. The van der Waals surface area contributed by atoms with Crippen molar-refractivity contribution >= 4 is 23.6 Å². The number of hydrogen-bond acceptors (Lipinski definition) is 6. The third-order valence-electron chi connectivity index (χ3n) is 4.31. The number of esters is 1. The van der Waals surface area contributed by atoms with Gasteiger partial charge in [-0.3, -0.25) is 19.2 Å². The zero-order valence-corrected chi connectivity index (χ0v) is 18.5. The third kappa shape index (κ3) is 15.6.